The lowest BCUT2D eigenvalue weighted by Crippen LogP contribution is -2.40. The Kier molecular flexibility index (Phi) is 7.38. The zero-order valence-electron chi connectivity index (χ0n) is 17.9. The monoisotopic (exact) mass is 468 g/mol. The number of nitrogens with zero attached hydrogens (tertiary/aromatic N) is 2. The quantitative estimate of drug-likeness (QED) is 0.589. The van der Waals surface area contributed by atoms with Gasteiger partial charge in [0.1, 0.15) is 12.4 Å². The molecule has 1 heterocycles. The van der Waals surface area contributed by atoms with E-state index in [0.29, 0.717) is 19.0 Å². The van der Waals surface area contributed by atoms with E-state index < -0.39 is 20.0 Å². The minimum Gasteiger partial charge on any atom is -0.492 e. The highest BCUT2D eigenvalue weighted by molar-refractivity contribution is 7.89. The van der Waals surface area contributed by atoms with Crippen molar-refractivity contribution in [3.05, 3.63) is 53.6 Å². The number of hydrogen-bond acceptors (Lipinski definition) is 6. The van der Waals surface area contributed by atoms with Crippen molar-refractivity contribution in [3.8, 4) is 5.75 Å². The largest absolute Gasteiger partial charge is 0.492 e. The maximum absolute atomic E-state index is 12.8. The van der Waals surface area contributed by atoms with Crippen molar-refractivity contribution >= 4 is 20.0 Å². The third kappa shape index (κ3) is 5.64. The van der Waals surface area contributed by atoms with Gasteiger partial charge in [-0.15, -0.1) is 0 Å². The molecule has 0 spiro atoms. The van der Waals surface area contributed by atoms with Gasteiger partial charge in [-0.05, 0) is 61.4 Å². The molecule has 0 aliphatic carbocycles. The predicted molar refractivity (Wildman–Crippen MR) is 117 cm³/mol. The fourth-order valence-electron chi connectivity index (χ4n) is 3.33. The predicted octanol–water partition coefficient (Wildman–Crippen LogP) is 2.02. The first-order valence-corrected chi connectivity index (χ1v) is 12.8. The van der Waals surface area contributed by atoms with Gasteiger partial charge in [-0.2, -0.15) is 8.61 Å². The van der Waals surface area contributed by atoms with Gasteiger partial charge in [0.15, 0.2) is 0 Å². The summed E-state index contributed by atoms with van der Waals surface area (Å²) in [6.45, 7) is 5.56. The first-order chi connectivity index (χ1) is 14.6. The molecular formula is C21H28N2O6S2. The molecule has 0 bridgehead atoms. The van der Waals surface area contributed by atoms with Crippen molar-refractivity contribution in [2.75, 3.05) is 46.5 Å². The molecule has 3 rings (SSSR count). The van der Waals surface area contributed by atoms with E-state index in [1.165, 1.54) is 39.9 Å². The first-order valence-electron chi connectivity index (χ1n) is 9.96. The van der Waals surface area contributed by atoms with Gasteiger partial charge in [0.2, 0.25) is 20.0 Å². The standard InChI is InChI=1S/C21H28N2O6S2/c1-17-14-18(2)16-19(15-17)29-13-8-22(3)30(24,25)20-4-6-21(7-5-20)31(26,27)23-9-11-28-12-10-23/h4-7,14-16H,8-13H2,1-3H3. The second kappa shape index (κ2) is 9.66. The Balaban J connectivity index is 1.65. The van der Waals surface area contributed by atoms with E-state index >= 15 is 0 Å². The van der Waals surface area contributed by atoms with Crippen LogP contribution in [0.5, 0.6) is 5.75 Å². The normalized spacial score (nSPS) is 15.9. The molecule has 1 fully saturated rings. The van der Waals surface area contributed by atoms with E-state index in [0.717, 1.165) is 11.1 Å². The van der Waals surface area contributed by atoms with Crippen LogP contribution < -0.4 is 4.74 Å². The molecule has 1 saturated heterocycles. The molecular weight excluding hydrogens is 440 g/mol. The average molecular weight is 469 g/mol. The molecule has 1 aliphatic rings. The zero-order chi connectivity index (χ0) is 22.6. The van der Waals surface area contributed by atoms with Crippen LogP contribution >= 0.6 is 0 Å². The van der Waals surface area contributed by atoms with Gasteiger partial charge in [0.05, 0.1) is 23.0 Å². The third-order valence-corrected chi connectivity index (χ3v) is 8.79. The second-order valence-electron chi connectivity index (χ2n) is 7.49. The molecule has 0 N–H and O–H groups in total. The van der Waals surface area contributed by atoms with E-state index in [2.05, 4.69) is 0 Å². The summed E-state index contributed by atoms with van der Waals surface area (Å²) in [5.74, 6) is 0.695. The van der Waals surface area contributed by atoms with E-state index in [1.54, 1.807) is 0 Å². The molecule has 2 aromatic rings. The Hall–Kier alpha value is -1.98. The number of morpholine rings is 1. The van der Waals surface area contributed by atoms with Crippen molar-refractivity contribution in [1.82, 2.24) is 8.61 Å². The summed E-state index contributed by atoms with van der Waals surface area (Å²) in [5, 5.41) is 0. The number of hydrogen-bond donors (Lipinski definition) is 0. The summed E-state index contributed by atoms with van der Waals surface area (Å²) < 4.78 is 64.5. The van der Waals surface area contributed by atoms with E-state index in [9.17, 15) is 16.8 Å². The van der Waals surface area contributed by atoms with Crippen LogP contribution in [0.1, 0.15) is 11.1 Å². The number of ether oxygens (including phenoxy) is 2. The molecule has 1 aliphatic heterocycles. The van der Waals surface area contributed by atoms with Crippen LogP contribution in [0.4, 0.5) is 0 Å². The van der Waals surface area contributed by atoms with Crippen LogP contribution in [0.15, 0.2) is 52.3 Å². The summed E-state index contributed by atoms with van der Waals surface area (Å²) in [4.78, 5) is 0.0940. The molecule has 0 saturated carbocycles. The fraction of sp³-hybridized carbons (Fsp3) is 0.429. The average Bonchev–Trinajstić information content (AvgIpc) is 2.73. The minimum absolute atomic E-state index is 0.0299. The second-order valence-corrected chi connectivity index (χ2v) is 11.5. The summed E-state index contributed by atoms with van der Waals surface area (Å²) in [7, 11) is -5.97. The summed E-state index contributed by atoms with van der Waals surface area (Å²) >= 11 is 0. The maximum Gasteiger partial charge on any atom is 0.243 e. The number of rotatable bonds is 8. The van der Waals surface area contributed by atoms with Gasteiger partial charge in [-0.3, -0.25) is 0 Å². The number of sulfonamides is 2. The number of benzene rings is 2. The van der Waals surface area contributed by atoms with Crippen molar-refractivity contribution in [2.45, 2.75) is 23.6 Å². The van der Waals surface area contributed by atoms with Crippen LogP contribution in [0, 0.1) is 13.8 Å². The van der Waals surface area contributed by atoms with Gasteiger partial charge in [0, 0.05) is 26.7 Å². The smallest absolute Gasteiger partial charge is 0.243 e. The van der Waals surface area contributed by atoms with Crippen LogP contribution in [0.25, 0.3) is 0 Å². The maximum atomic E-state index is 12.8. The van der Waals surface area contributed by atoms with Crippen LogP contribution in [0.3, 0.4) is 0 Å². The first kappa shape index (κ1) is 23.7. The van der Waals surface area contributed by atoms with Crippen molar-refractivity contribution in [3.63, 3.8) is 0 Å². The zero-order valence-corrected chi connectivity index (χ0v) is 19.6. The molecule has 10 heteroatoms. The van der Waals surface area contributed by atoms with Gasteiger partial charge < -0.3 is 9.47 Å². The molecule has 0 unspecified atom stereocenters. The number of aryl methyl sites for hydroxylation is 2. The number of likely N-dealkylation sites (N-methyl/N-ethyl adjacent to an activating group) is 1. The Morgan fingerprint density at radius 2 is 1.48 bits per heavy atom. The topological polar surface area (TPSA) is 93.2 Å². The highest BCUT2D eigenvalue weighted by Gasteiger charge is 2.27. The summed E-state index contributed by atoms with van der Waals surface area (Å²) in [6.07, 6.45) is 0. The summed E-state index contributed by atoms with van der Waals surface area (Å²) in [6, 6.07) is 11.1. The lowest BCUT2D eigenvalue weighted by atomic mass is 10.1. The van der Waals surface area contributed by atoms with Gasteiger partial charge in [-0.25, -0.2) is 16.8 Å². The third-order valence-electron chi connectivity index (χ3n) is 5.01. The fourth-order valence-corrected chi connectivity index (χ4v) is 5.89. The molecule has 31 heavy (non-hydrogen) atoms. The molecule has 0 radical (unpaired) electrons. The lowest BCUT2D eigenvalue weighted by Gasteiger charge is -2.26. The summed E-state index contributed by atoms with van der Waals surface area (Å²) in [5.41, 5.74) is 2.14. The van der Waals surface area contributed by atoms with Crippen molar-refractivity contribution < 1.29 is 26.3 Å². The Morgan fingerprint density at radius 3 is 2.06 bits per heavy atom. The van der Waals surface area contributed by atoms with Gasteiger partial charge in [-0.1, -0.05) is 6.07 Å². The lowest BCUT2D eigenvalue weighted by molar-refractivity contribution is 0.0730. The molecule has 170 valence electrons. The highest BCUT2D eigenvalue weighted by atomic mass is 32.2. The molecule has 2 aromatic carbocycles. The van der Waals surface area contributed by atoms with Crippen LogP contribution in [-0.4, -0.2) is 71.9 Å². The van der Waals surface area contributed by atoms with Gasteiger partial charge >= 0.3 is 0 Å². The van der Waals surface area contributed by atoms with Crippen LogP contribution in [0.2, 0.25) is 0 Å². The SMILES string of the molecule is Cc1cc(C)cc(OCCN(C)S(=O)(=O)c2ccc(S(=O)(=O)N3CCOCC3)cc2)c1. The molecule has 8 nitrogen and oxygen atoms in total. The highest BCUT2D eigenvalue weighted by Crippen LogP contribution is 2.21. The minimum atomic E-state index is -3.77. The van der Waals surface area contributed by atoms with Gasteiger partial charge in [0.25, 0.3) is 0 Å². The molecule has 0 amide bonds. The van der Waals surface area contributed by atoms with Crippen LogP contribution in [-0.2, 0) is 24.8 Å². The Labute approximate surface area is 184 Å². The van der Waals surface area contributed by atoms with E-state index in [-0.39, 0.29) is 36.0 Å². The van der Waals surface area contributed by atoms with Crippen molar-refractivity contribution in [2.24, 2.45) is 0 Å². The molecule has 0 aromatic heterocycles. The van der Waals surface area contributed by atoms with Crippen molar-refractivity contribution in [1.29, 1.82) is 0 Å². The van der Waals surface area contributed by atoms with E-state index in [1.807, 2.05) is 32.0 Å². The molecule has 0 atom stereocenters. The Morgan fingerprint density at radius 1 is 0.935 bits per heavy atom. The van der Waals surface area contributed by atoms with E-state index in [4.69, 9.17) is 9.47 Å². The Bertz CT molecular complexity index is 1090.